The summed E-state index contributed by atoms with van der Waals surface area (Å²) in [7, 11) is 0. The van der Waals surface area contributed by atoms with Crippen molar-refractivity contribution >= 4 is 39.4 Å². The van der Waals surface area contributed by atoms with E-state index in [1.165, 1.54) is 6.07 Å². The zero-order valence-electron chi connectivity index (χ0n) is 20.5. The smallest absolute Gasteiger partial charge is 0.164 e. The Morgan fingerprint density at radius 3 is 2.83 bits per heavy atom. The number of pyridine rings is 2. The molecular weight excluding hydrogens is 479 g/mol. The number of nitrogen functional groups attached to an aromatic ring is 1. The van der Waals surface area contributed by atoms with Crippen LogP contribution in [0.3, 0.4) is 0 Å². The van der Waals surface area contributed by atoms with Gasteiger partial charge in [-0.05, 0) is 80.6 Å². The van der Waals surface area contributed by atoms with Crippen LogP contribution in [0, 0.1) is 5.82 Å². The van der Waals surface area contributed by atoms with E-state index < -0.39 is 11.4 Å². The van der Waals surface area contributed by atoms with E-state index in [4.69, 9.17) is 26.8 Å². The van der Waals surface area contributed by atoms with Crippen molar-refractivity contribution in [3.8, 4) is 0 Å². The van der Waals surface area contributed by atoms with Crippen molar-refractivity contribution in [2.45, 2.75) is 63.6 Å². The number of benzene rings is 1. The average Bonchev–Trinajstić information content (AvgIpc) is 3.47. The van der Waals surface area contributed by atoms with Gasteiger partial charge in [-0.2, -0.15) is 0 Å². The molecule has 36 heavy (non-hydrogen) atoms. The van der Waals surface area contributed by atoms with Gasteiger partial charge in [0, 0.05) is 23.2 Å². The van der Waals surface area contributed by atoms with E-state index in [9.17, 15) is 4.39 Å². The van der Waals surface area contributed by atoms with Crippen LogP contribution < -0.4 is 5.73 Å². The van der Waals surface area contributed by atoms with Crippen molar-refractivity contribution < 1.29 is 13.9 Å². The minimum absolute atomic E-state index is 0.0638. The molecule has 0 saturated carbocycles. The zero-order valence-corrected chi connectivity index (χ0v) is 21.2. The van der Waals surface area contributed by atoms with Crippen LogP contribution in [0.5, 0.6) is 0 Å². The normalized spacial score (nSPS) is 25.0. The lowest BCUT2D eigenvalue weighted by atomic mass is 9.86. The molecule has 0 unspecified atom stereocenters. The maximum absolute atomic E-state index is 14.9. The van der Waals surface area contributed by atoms with E-state index in [-0.39, 0.29) is 28.8 Å². The van der Waals surface area contributed by atoms with Gasteiger partial charge in [0.05, 0.1) is 16.6 Å². The molecule has 186 valence electrons. The Balaban J connectivity index is 1.37. The maximum atomic E-state index is 14.9. The van der Waals surface area contributed by atoms with Gasteiger partial charge in [0.1, 0.15) is 29.0 Å². The van der Waals surface area contributed by atoms with Gasteiger partial charge < -0.3 is 19.8 Å². The predicted octanol–water partition coefficient (Wildman–Crippen LogP) is 6.37. The van der Waals surface area contributed by atoms with Crippen LogP contribution in [0.25, 0.3) is 21.9 Å². The highest BCUT2D eigenvalue weighted by atomic mass is 35.5. The molecule has 2 N–H and O–H groups in total. The van der Waals surface area contributed by atoms with Gasteiger partial charge in [0.15, 0.2) is 5.79 Å². The van der Waals surface area contributed by atoms with Crippen LogP contribution in [0.1, 0.15) is 45.2 Å². The molecule has 3 aromatic heterocycles. The number of halogens is 2. The summed E-state index contributed by atoms with van der Waals surface area (Å²) < 4.78 is 30.2. The Hall–Kier alpha value is -3.00. The van der Waals surface area contributed by atoms with Crippen molar-refractivity contribution in [1.29, 1.82) is 0 Å². The second-order valence-electron chi connectivity index (χ2n) is 10.1. The van der Waals surface area contributed by atoms with Crippen molar-refractivity contribution in [1.82, 2.24) is 14.5 Å². The van der Waals surface area contributed by atoms with Crippen molar-refractivity contribution in [3.63, 3.8) is 0 Å². The van der Waals surface area contributed by atoms with E-state index in [0.717, 1.165) is 28.6 Å². The number of fused-ring (bicyclic) bond motifs is 3. The molecule has 0 amide bonds. The van der Waals surface area contributed by atoms with Crippen LogP contribution in [-0.2, 0) is 15.9 Å². The van der Waals surface area contributed by atoms with E-state index in [0.29, 0.717) is 23.7 Å². The molecule has 3 atom stereocenters. The fourth-order valence-corrected chi connectivity index (χ4v) is 6.05. The number of hydrogen-bond acceptors (Lipinski definition) is 5. The largest absolute Gasteiger partial charge is 0.382 e. The summed E-state index contributed by atoms with van der Waals surface area (Å²) in [6.07, 6.45) is 8.02. The third-order valence-electron chi connectivity index (χ3n) is 7.45. The van der Waals surface area contributed by atoms with Crippen LogP contribution in [0.2, 0.25) is 5.02 Å². The number of hydrogen-bond donors (Lipinski definition) is 1. The molecule has 4 heterocycles. The van der Waals surface area contributed by atoms with E-state index >= 15 is 0 Å². The third-order valence-corrected chi connectivity index (χ3v) is 7.76. The second-order valence-corrected chi connectivity index (χ2v) is 10.5. The summed E-state index contributed by atoms with van der Waals surface area (Å²) in [6.45, 7) is 6.05. The number of rotatable bonds is 5. The van der Waals surface area contributed by atoms with Crippen LogP contribution in [-0.4, -0.2) is 32.0 Å². The number of nitrogens with two attached hydrogens (primary N) is 1. The van der Waals surface area contributed by atoms with Gasteiger partial charge in [-0.15, -0.1) is 0 Å². The van der Waals surface area contributed by atoms with E-state index in [2.05, 4.69) is 45.9 Å². The molecule has 2 aliphatic rings. The van der Waals surface area contributed by atoms with Gasteiger partial charge in [-0.25, -0.2) is 14.4 Å². The van der Waals surface area contributed by atoms with Gasteiger partial charge in [0.25, 0.3) is 0 Å². The summed E-state index contributed by atoms with van der Waals surface area (Å²) in [5.41, 5.74) is 8.72. The Labute approximate surface area is 213 Å². The SMILES string of the molecule is CC[C@]12OC(C)(C)O[C@H]1[C@H](n1ccc3cccnc31)C=C2CCc1cc(F)c2cc(Cl)c(N)nc2c1. The number of aromatic nitrogens is 3. The summed E-state index contributed by atoms with van der Waals surface area (Å²) >= 11 is 6.05. The lowest BCUT2D eigenvalue weighted by Crippen LogP contribution is -2.41. The zero-order chi connectivity index (χ0) is 25.2. The second kappa shape index (κ2) is 8.26. The van der Waals surface area contributed by atoms with Crippen LogP contribution in [0.4, 0.5) is 10.2 Å². The lowest BCUT2D eigenvalue weighted by Gasteiger charge is -2.31. The standard InChI is InChI=1S/C28H28ClFN4O2/c1-4-28-18(8-7-16-12-21(30)19-15-20(29)25(31)33-22(19)13-16)14-23(24(28)35-27(2,3)36-28)34-11-9-17-6-5-10-32-26(17)34/h5-6,9-15,23-24H,4,7-8H2,1-3H3,(H2,31,33)/t23-,24+,28-/m1/s1. The van der Waals surface area contributed by atoms with Crippen molar-refractivity contribution in [2.24, 2.45) is 0 Å². The maximum Gasteiger partial charge on any atom is 0.164 e. The third kappa shape index (κ3) is 3.60. The fourth-order valence-electron chi connectivity index (χ4n) is 5.90. The Bertz CT molecular complexity index is 1530. The molecule has 8 heteroatoms. The summed E-state index contributed by atoms with van der Waals surface area (Å²) in [6, 6.07) is 11.0. The number of ether oxygens (including phenoxy) is 2. The molecule has 0 spiro atoms. The molecule has 6 nitrogen and oxygen atoms in total. The minimum Gasteiger partial charge on any atom is -0.382 e. The topological polar surface area (TPSA) is 75.2 Å². The molecule has 1 aliphatic heterocycles. The van der Waals surface area contributed by atoms with Gasteiger partial charge in [-0.3, -0.25) is 0 Å². The molecule has 1 fully saturated rings. The van der Waals surface area contributed by atoms with Crippen molar-refractivity contribution in [3.05, 3.63) is 76.8 Å². The Kier molecular flexibility index (Phi) is 5.37. The molecule has 4 aromatic rings. The molecule has 1 saturated heterocycles. The molecular formula is C28H28ClFN4O2. The molecule has 0 radical (unpaired) electrons. The molecule has 6 rings (SSSR count). The Morgan fingerprint density at radius 2 is 2.03 bits per heavy atom. The first kappa shape index (κ1) is 23.4. The van der Waals surface area contributed by atoms with Crippen LogP contribution >= 0.6 is 11.6 Å². The first-order valence-electron chi connectivity index (χ1n) is 12.3. The fraction of sp³-hybridized carbons (Fsp3) is 0.357. The van der Waals surface area contributed by atoms with E-state index in [1.54, 1.807) is 6.07 Å². The van der Waals surface area contributed by atoms with Gasteiger partial charge in [0.2, 0.25) is 0 Å². The predicted molar refractivity (Wildman–Crippen MR) is 139 cm³/mol. The molecule has 1 aromatic carbocycles. The first-order chi connectivity index (χ1) is 17.2. The monoisotopic (exact) mass is 506 g/mol. The number of aryl methyl sites for hydroxylation is 1. The first-order valence-corrected chi connectivity index (χ1v) is 12.6. The number of anilines is 1. The summed E-state index contributed by atoms with van der Waals surface area (Å²) in [5, 5.41) is 1.70. The molecule has 0 bridgehead atoms. The molecule has 1 aliphatic carbocycles. The minimum atomic E-state index is -0.718. The quantitative estimate of drug-likeness (QED) is 0.318. The van der Waals surface area contributed by atoms with Gasteiger partial charge >= 0.3 is 0 Å². The highest BCUT2D eigenvalue weighted by molar-refractivity contribution is 6.33. The van der Waals surface area contributed by atoms with Gasteiger partial charge in [-0.1, -0.05) is 24.6 Å². The van der Waals surface area contributed by atoms with E-state index in [1.807, 2.05) is 32.2 Å². The van der Waals surface area contributed by atoms with Crippen LogP contribution in [0.15, 0.2) is 60.4 Å². The summed E-state index contributed by atoms with van der Waals surface area (Å²) in [4.78, 5) is 8.91. The summed E-state index contributed by atoms with van der Waals surface area (Å²) in [5.74, 6) is -0.879. The number of nitrogens with zero attached hydrogens (tertiary/aromatic N) is 3. The average molecular weight is 507 g/mol. The van der Waals surface area contributed by atoms with Crippen molar-refractivity contribution in [2.75, 3.05) is 5.73 Å². The highest BCUT2D eigenvalue weighted by Crippen LogP contribution is 2.54. The Morgan fingerprint density at radius 1 is 1.19 bits per heavy atom. The highest BCUT2D eigenvalue weighted by Gasteiger charge is 2.60. The lowest BCUT2D eigenvalue weighted by molar-refractivity contribution is -0.160.